The first-order valence-corrected chi connectivity index (χ1v) is 27.5. The number of benzene rings is 2. The molecule has 6 heterocycles. The lowest BCUT2D eigenvalue weighted by Crippen LogP contribution is -2.56. The summed E-state index contributed by atoms with van der Waals surface area (Å²) in [5.74, 6) is 0.356. The highest BCUT2D eigenvalue weighted by Crippen LogP contribution is 2.43. The molecule has 4 fully saturated rings. The minimum absolute atomic E-state index is 0.104. The van der Waals surface area contributed by atoms with Crippen LogP contribution in [0.15, 0.2) is 48.7 Å². The fourth-order valence-corrected chi connectivity index (χ4v) is 11.2. The topological polar surface area (TPSA) is 160 Å². The number of likely N-dealkylation sites (tertiary alicyclic amines) is 1. The lowest BCUT2D eigenvalue weighted by Gasteiger charge is -2.36. The van der Waals surface area contributed by atoms with E-state index in [9.17, 15) is 19.2 Å². The van der Waals surface area contributed by atoms with Gasteiger partial charge in [-0.3, -0.25) is 34.1 Å². The zero-order valence-electron chi connectivity index (χ0n) is 45.2. The first-order chi connectivity index (χ1) is 35.9. The van der Waals surface area contributed by atoms with Crippen LogP contribution in [0.2, 0.25) is 0 Å². The van der Waals surface area contributed by atoms with Crippen molar-refractivity contribution in [3.8, 4) is 28.1 Å². The number of nitrogens with one attached hydrogen (secondary N) is 2. The third-order valence-corrected chi connectivity index (χ3v) is 15.4. The summed E-state index contributed by atoms with van der Waals surface area (Å²) in [7, 11) is 1.73. The van der Waals surface area contributed by atoms with Crippen LogP contribution in [0, 0.1) is 11.3 Å². The second-order valence-electron chi connectivity index (χ2n) is 21.8. The van der Waals surface area contributed by atoms with E-state index >= 15 is 0 Å². The van der Waals surface area contributed by atoms with Crippen molar-refractivity contribution < 1.29 is 38.1 Å². The Morgan fingerprint density at radius 3 is 2.39 bits per heavy atom. The van der Waals surface area contributed by atoms with Crippen molar-refractivity contribution in [2.75, 3.05) is 84.2 Å². The molecule has 4 aromatic rings. The number of rotatable bonds is 15. The predicted molar refractivity (Wildman–Crippen MR) is 289 cm³/mol. The van der Waals surface area contributed by atoms with Gasteiger partial charge < -0.3 is 38.6 Å². The lowest BCUT2D eigenvalue weighted by atomic mass is 9.84. The van der Waals surface area contributed by atoms with E-state index in [1.54, 1.807) is 17.0 Å². The van der Waals surface area contributed by atoms with E-state index in [2.05, 4.69) is 96.1 Å². The van der Waals surface area contributed by atoms with E-state index in [1.807, 2.05) is 19.2 Å². The van der Waals surface area contributed by atoms with Crippen molar-refractivity contribution in [2.24, 2.45) is 11.3 Å². The highest BCUT2D eigenvalue weighted by Gasteiger charge is 2.34. The van der Waals surface area contributed by atoms with Gasteiger partial charge in [0.25, 0.3) is 12.4 Å². The summed E-state index contributed by atoms with van der Waals surface area (Å²) >= 11 is 0. The Morgan fingerprint density at radius 1 is 0.946 bits per heavy atom. The Hall–Kier alpha value is -5.55. The summed E-state index contributed by atoms with van der Waals surface area (Å²) in [6, 6.07) is 15.0. The molecule has 2 aromatic heterocycles. The zero-order chi connectivity index (χ0) is 52.4. The molecule has 74 heavy (non-hydrogen) atoms. The minimum Gasteiger partial charge on any atom is -0.491 e. The number of carbonyl (C=O) groups is 4. The van der Waals surface area contributed by atoms with Crippen LogP contribution < -0.4 is 20.4 Å². The van der Waals surface area contributed by atoms with E-state index in [0.717, 1.165) is 120 Å². The second-order valence-corrected chi connectivity index (χ2v) is 21.8. The van der Waals surface area contributed by atoms with Crippen molar-refractivity contribution in [3.05, 3.63) is 65.5 Å². The number of methoxy groups -OCH3 is 1. The molecule has 3 saturated heterocycles. The standard InChI is InChI=1S/C55H74N8O8.C3H8/c1-6-62-49-12-9-40(29-45(49)47(31-55(3,4)34-69-36-65)53(62)46-30-43(32-56-52(46)37(2)68-5)61-22-20-60(21-23-61)42-10-11-42)41-25-38-26-44(28-41)71-33-50(39-13-18-59(35-64)19-14-39)70-24-15-51(66)58-48(27-38)54(67)63-17-8-7-16-57-63;1-3-2/h9,12,25-26,28-30,32,35-37,39,42,48,50,57H,6-8,10-11,13-24,27,31,33-34H2,1-5H3,(H,58,66);3H2,1-2H3. The number of carbonyl (C=O) groups excluding carboxylic acids is 4. The summed E-state index contributed by atoms with van der Waals surface area (Å²) in [4.78, 5) is 63.1. The third kappa shape index (κ3) is 13.3. The maximum absolute atomic E-state index is 14.2. The minimum atomic E-state index is -0.818. The number of fused-ring (bicyclic) bond motifs is 3. The monoisotopic (exact) mass is 1020 g/mol. The molecule has 3 unspecified atom stereocenters. The molecule has 5 aliphatic rings. The van der Waals surface area contributed by atoms with Crippen LogP contribution in [-0.2, 0) is 52.8 Å². The van der Waals surface area contributed by atoms with Crippen LogP contribution in [0.4, 0.5) is 5.69 Å². The third-order valence-electron chi connectivity index (χ3n) is 15.4. The number of hydrogen-bond donors (Lipinski definition) is 2. The Balaban J connectivity index is 0.00000237. The first kappa shape index (κ1) is 54.7. The number of anilines is 1. The van der Waals surface area contributed by atoms with Crippen LogP contribution in [0.25, 0.3) is 33.3 Å². The summed E-state index contributed by atoms with van der Waals surface area (Å²) in [5, 5.41) is 5.81. The van der Waals surface area contributed by atoms with Gasteiger partial charge in [-0.15, -0.1) is 0 Å². The number of aromatic nitrogens is 2. The molecule has 0 radical (unpaired) electrons. The van der Waals surface area contributed by atoms with Crippen LogP contribution in [0.5, 0.6) is 5.75 Å². The zero-order valence-corrected chi connectivity index (χ0v) is 45.2. The van der Waals surface area contributed by atoms with Gasteiger partial charge in [-0.05, 0) is 117 Å². The molecule has 16 nitrogen and oxygen atoms in total. The number of hydrazine groups is 1. The fraction of sp³-hybridized carbons (Fsp3) is 0.603. The summed E-state index contributed by atoms with van der Waals surface area (Å²) in [5.41, 5.74) is 11.8. The van der Waals surface area contributed by atoms with Crippen LogP contribution in [0.1, 0.15) is 116 Å². The molecular weight excluding hydrogens is 937 g/mol. The van der Waals surface area contributed by atoms with Gasteiger partial charge in [-0.2, -0.15) is 0 Å². The molecule has 3 atom stereocenters. The van der Waals surface area contributed by atoms with Gasteiger partial charge in [0, 0.05) is 107 Å². The lowest BCUT2D eigenvalue weighted by molar-refractivity contribution is -0.140. The van der Waals surface area contributed by atoms with E-state index in [0.29, 0.717) is 51.4 Å². The highest BCUT2D eigenvalue weighted by molar-refractivity contribution is 5.96. The van der Waals surface area contributed by atoms with Crippen molar-refractivity contribution in [3.63, 3.8) is 0 Å². The molecule has 16 heteroatoms. The molecule has 4 aliphatic heterocycles. The number of piperazine rings is 1. The smallest absolute Gasteiger partial charge is 0.293 e. The maximum atomic E-state index is 14.2. The first-order valence-electron chi connectivity index (χ1n) is 27.5. The average Bonchev–Trinajstić information content (AvgIpc) is 4.24. The van der Waals surface area contributed by atoms with Gasteiger partial charge in [0.2, 0.25) is 12.3 Å². The molecule has 3 amide bonds. The van der Waals surface area contributed by atoms with Crippen LogP contribution >= 0.6 is 0 Å². The largest absolute Gasteiger partial charge is 0.491 e. The number of hydrogen-bond acceptors (Lipinski definition) is 12. The van der Waals surface area contributed by atoms with Gasteiger partial charge in [0.05, 0.1) is 48.7 Å². The van der Waals surface area contributed by atoms with Gasteiger partial charge >= 0.3 is 0 Å². The normalized spacial score (nSPS) is 21.0. The number of ether oxygens (including phenoxy) is 4. The fourth-order valence-electron chi connectivity index (χ4n) is 11.2. The van der Waals surface area contributed by atoms with Gasteiger partial charge in [-0.1, -0.05) is 46.2 Å². The number of piperidine rings is 1. The molecule has 2 N–H and O–H groups in total. The van der Waals surface area contributed by atoms with Gasteiger partial charge in [0.15, 0.2) is 0 Å². The van der Waals surface area contributed by atoms with Crippen LogP contribution in [-0.4, -0.2) is 147 Å². The molecule has 0 spiro atoms. The maximum Gasteiger partial charge on any atom is 0.293 e. The average molecular weight is 1020 g/mol. The Morgan fingerprint density at radius 2 is 1.72 bits per heavy atom. The number of amides is 3. The molecule has 2 aromatic carbocycles. The number of aryl methyl sites for hydroxylation is 1. The SMILES string of the molecule is CCC.CCn1c(-c2cc(N3CCN(C4CC4)CC3)cnc2C(C)OC)c(CC(C)(C)COC=O)c2cc(-c3cc4cc(c3)OCC(C3CCN(C=O)CC3)OCCC(=O)NC(C(=O)N3CCCCN3)C4)ccc21. The summed E-state index contributed by atoms with van der Waals surface area (Å²) in [6.07, 6.45) is 10.5. The van der Waals surface area contributed by atoms with Crippen molar-refractivity contribution >= 4 is 41.3 Å². The van der Waals surface area contributed by atoms with E-state index in [1.165, 1.54) is 19.3 Å². The summed E-state index contributed by atoms with van der Waals surface area (Å²) in [6.45, 7) is 21.2. The highest BCUT2D eigenvalue weighted by atomic mass is 16.5. The number of nitrogens with zero attached hydrogens (tertiary/aromatic N) is 6. The summed E-state index contributed by atoms with van der Waals surface area (Å²) < 4.78 is 27.1. The number of pyridine rings is 1. The van der Waals surface area contributed by atoms with Crippen molar-refractivity contribution in [1.29, 1.82) is 0 Å². The molecule has 9 rings (SSSR count). The van der Waals surface area contributed by atoms with Crippen molar-refractivity contribution in [1.82, 2.24) is 35.1 Å². The second kappa shape index (κ2) is 25.3. The Labute approximate surface area is 438 Å². The van der Waals surface area contributed by atoms with Gasteiger partial charge in [-0.25, -0.2) is 5.43 Å². The molecule has 1 aliphatic carbocycles. The predicted octanol–water partition coefficient (Wildman–Crippen LogP) is 7.73. The van der Waals surface area contributed by atoms with Crippen LogP contribution in [0.3, 0.4) is 0 Å². The van der Waals surface area contributed by atoms with Gasteiger partial charge in [0.1, 0.15) is 18.4 Å². The Bertz CT molecular complexity index is 2540. The van der Waals surface area contributed by atoms with Crippen molar-refractivity contribution in [2.45, 2.75) is 137 Å². The van der Waals surface area contributed by atoms with E-state index in [4.69, 9.17) is 23.9 Å². The quantitative estimate of drug-likeness (QED) is 0.112. The molecule has 402 valence electrons. The molecule has 2 bridgehead atoms. The van der Waals surface area contributed by atoms with E-state index < -0.39 is 11.5 Å². The Kier molecular flexibility index (Phi) is 18.7. The molecule has 1 saturated carbocycles. The van der Waals surface area contributed by atoms with E-state index in [-0.39, 0.29) is 62.6 Å². The molecular formula is C58H82N8O8.